The van der Waals surface area contributed by atoms with Gasteiger partial charge < -0.3 is 19.7 Å². The third-order valence-corrected chi connectivity index (χ3v) is 5.30. The monoisotopic (exact) mass is 316 g/mol. The summed E-state index contributed by atoms with van der Waals surface area (Å²) in [6, 6.07) is 8.73. The predicted octanol–water partition coefficient (Wildman–Crippen LogP) is 2.86. The average Bonchev–Trinajstić information content (AvgIpc) is 2.95. The SMILES string of the molecule is O=C1OCCN1CCCN[C@@H]1CC2(CCC2)Oc2ccccc21. The Balaban J connectivity index is 1.35. The molecule has 0 aromatic heterocycles. The first-order valence-corrected chi connectivity index (χ1v) is 8.69. The zero-order valence-corrected chi connectivity index (χ0v) is 13.4. The molecule has 2 fully saturated rings. The molecule has 1 aliphatic carbocycles. The second kappa shape index (κ2) is 6.04. The maximum atomic E-state index is 11.4. The number of hydrogen-bond donors (Lipinski definition) is 1. The lowest BCUT2D eigenvalue weighted by Crippen LogP contribution is -2.49. The molecule has 2 aliphatic heterocycles. The van der Waals surface area contributed by atoms with Gasteiger partial charge in [0.05, 0.1) is 6.54 Å². The first-order chi connectivity index (χ1) is 11.3. The lowest BCUT2D eigenvalue weighted by Gasteiger charge is -2.48. The largest absolute Gasteiger partial charge is 0.487 e. The fourth-order valence-corrected chi connectivity index (χ4v) is 3.85. The summed E-state index contributed by atoms with van der Waals surface area (Å²) in [5.41, 5.74) is 1.33. The molecule has 5 heteroatoms. The Morgan fingerprint density at radius 3 is 2.91 bits per heavy atom. The van der Waals surface area contributed by atoms with Crippen LogP contribution in [0.1, 0.15) is 43.7 Å². The van der Waals surface area contributed by atoms with Crippen molar-refractivity contribution in [1.29, 1.82) is 0 Å². The standard InChI is InChI=1S/C18H24N2O3/c21-17-20(11-12-22-17)10-4-9-19-15-13-18(7-3-8-18)23-16-6-2-1-5-14(15)16/h1-2,5-6,15,19H,3-4,7-13H2/t15-/m1/s1. The molecule has 0 unspecified atom stereocenters. The van der Waals surface area contributed by atoms with E-state index in [-0.39, 0.29) is 11.7 Å². The van der Waals surface area contributed by atoms with Crippen molar-refractivity contribution < 1.29 is 14.3 Å². The molecule has 0 bridgehead atoms. The molecule has 1 aromatic carbocycles. The quantitative estimate of drug-likeness (QED) is 0.849. The Labute approximate surface area is 136 Å². The van der Waals surface area contributed by atoms with Crippen LogP contribution in [0.15, 0.2) is 24.3 Å². The van der Waals surface area contributed by atoms with Crippen LogP contribution in [0, 0.1) is 0 Å². The van der Waals surface area contributed by atoms with Gasteiger partial charge in [0.25, 0.3) is 0 Å². The van der Waals surface area contributed by atoms with Gasteiger partial charge >= 0.3 is 6.09 Å². The number of ether oxygens (including phenoxy) is 2. The molecule has 1 atom stereocenters. The lowest BCUT2D eigenvalue weighted by molar-refractivity contribution is -0.0368. The van der Waals surface area contributed by atoms with E-state index in [2.05, 4.69) is 23.5 Å². The highest BCUT2D eigenvalue weighted by molar-refractivity contribution is 5.69. The van der Waals surface area contributed by atoms with Crippen LogP contribution in [0.5, 0.6) is 5.75 Å². The normalized spacial score (nSPS) is 24.8. The van der Waals surface area contributed by atoms with E-state index in [1.165, 1.54) is 24.8 Å². The summed E-state index contributed by atoms with van der Waals surface area (Å²) in [6.45, 7) is 2.92. The first kappa shape index (κ1) is 14.8. The molecule has 1 amide bonds. The van der Waals surface area contributed by atoms with Crippen molar-refractivity contribution in [3.8, 4) is 5.75 Å². The number of amides is 1. The average molecular weight is 316 g/mol. The predicted molar refractivity (Wildman–Crippen MR) is 86.6 cm³/mol. The van der Waals surface area contributed by atoms with E-state index >= 15 is 0 Å². The Bertz CT molecular complexity index is 585. The molecule has 2 heterocycles. The second-order valence-electron chi connectivity index (χ2n) is 6.84. The number of cyclic esters (lactones) is 1. The summed E-state index contributed by atoms with van der Waals surface area (Å²) in [4.78, 5) is 13.2. The summed E-state index contributed by atoms with van der Waals surface area (Å²) in [7, 11) is 0. The van der Waals surface area contributed by atoms with Crippen molar-refractivity contribution in [1.82, 2.24) is 10.2 Å². The van der Waals surface area contributed by atoms with Gasteiger partial charge in [-0.1, -0.05) is 18.2 Å². The van der Waals surface area contributed by atoms with Crippen LogP contribution in [-0.4, -0.2) is 42.8 Å². The molecule has 23 heavy (non-hydrogen) atoms. The van der Waals surface area contributed by atoms with Crippen LogP contribution < -0.4 is 10.1 Å². The van der Waals surface area contributed by atoms with Gasteiger partial charge in [-0.2, -0.15) is 0 Å². The van der Waals surface area contributed by atoms with Gasteiger partial charge in [0, 0.05) is 24.6 Å². The van der Waals surface area contributed by atoms with Gasteiger partial charge in [-0.05, 0) is 38.3 Å². The summed E-state index contributed by atoms with van der Waals surface area (Å²) < 4.78 is 11.2. The fraction of sp³-hybridized carbons (Fsp3) is 0.611. The molecule has 1 saturated carbocycles. The Morgan fingerprint density at radius 2 is 2.17 bits per heavy atom. The molecular weight excluding hydrogens is 292 g/mol. The van der Waals surface area contributed by atoms with Crippen molar-refractivity contribution in [2.24, 2.45) is 0 Å². The molecule has 0 radical (unpaired) electrons. The van der Waals surface area contributed by atoms with Crippen molar-refractivity contribution in [2.45, 2.75) is 43.7 Å². The lowest BCUT2D eigenvalue weighted by atomic mass is 9.73. The maximum Gasteiger partial charge on any atom is 0.409 e. The van der Waals surface area contributed by atoms with Crippen molar-refractivity contribution >= 4 is 6.09 Å². The second-order valence-corrected chi connectivity index (χ2v) is 6.84. The highest BCUT2D eigenvalue weighted by Crippen LogP contribution is 2.48. The van der Waals surface area contributed by atoms with Gasteiger partial charge in [0.2, 0.25) is 0 Å². The topological polar surface area (TPSA) is 50.8 Å². The molecule has 124 valence electrons. The zero-order valence-electron chi connectivity index (χ0n) is 13.4. The summed E-state index contributed by atoms with van der Waals surface area (Å²) >= 11 is 0. The van der Waals surface area contributed by atoms with Gasteiger partial charge in [-0.25, -0.2) is 4.79 Å². The van der Waals surface area contributed by atoms with E-state index in [0.29, 0.717) is 12.6 Å². The van der Waals surface area contributed by atoms with E-state index in [9.17, 15) is 4.79 Å². The maximum absolute atomic E-state index is 11.4. The fourth-order valence-electron chi connectivity index (χ4n) is 3.85. The van der Waals surface area contributed by atoms with E-state index in [1.807, 2.05) is 6.07 Å². The van der Waals surface area contributed by atoms with Crippen molar-refractivity contribution in [3.05, 3.63) is 29.8 Å². The number of nitrogens with zero attached hydrogens (tertiary/aromatic N) is 1. The third kappa shape index (κ3) is 2.90. The summed E-state index contributed by atoms with van der Waals surface area (Å²) in [5.74, 6) is 1.04. The summed E-state index contributed by atoms with van der Waals surface area (Å²) in [5, 5.41) is 3.68. The van der Waals surface area contributed by atoms with Gasteiger partial charge in [0.15, 0.2) is 0 Å². The molecule has 4 rings (SSSR count). The van der Waals surface area contributed by atoms with Crippen LogP contribution in [0.25, 0.3) is 0 Å². The number of rotatable bonds is 5. The Kier molecular flexibility index (Phi) is 3.89. The van der Waals surface area contributed by atoms with Crippen molar-refractivity contribution in [3.63, 3.8) is 0 Å². The molecule has 5 nitrogen and oxygen atoms in total. The number of nitrogens with one attached hydrogen (secondary N) is 1. The van der Waals surface area contributed by atoms with E-state index < -0.39 is 0 Å². The molecule has 1 aromatic rings. The van der Waals surface area contributed by atoms with E-state index in [0.717, 1.165) is 38.2 Å². The third-order valence-electron chi connectivity index (χ3n) is 5.30. The minimum atomic E-state index is -0.171. The van der Waals surface area contributed by atoms with Gasteiger partial charge in [0.1, 0.15) is 18.0 Å². The Morgan fingerprint density at radius 1 is 1.30 bits per heavy atom. The van der Waals surface area contributed by atoms with E-state index in [4.69, 9.17) is 9.47 Å². The van der Waals surface area contributed by atoms with Gasteiger partial charge in [-0.15, -0.1) is 0 Å². The van der Waals surface area contributed by atoms with E-state index in [1.54, 1.807) is 4.90 Å². The molecule has 1 N–H and O–H groups in total. The zero-order chi connectivity index (χ0) is 15.7. The van der Waals surface area contributed by atoms with Crippen LogP contribution in [-0.2, 0) is 4.74 Å². The number of fused-ring (bicyclic) bond motifs is 1. The van der Waals surface area contributed by atoms with Crippen LogP contribution >= 0.6 is 0 Å². The minimum absolute atomic E-state index is 0.0603. The number of carbonyl (C=O) groups is 1. The molecule has 3 aliphatic rings. The summed E-state index contributed by atoms with van der Waals surface area (Å²) in [6.07, 6.45) is 5.43. The van der Waals surface area contributed by atoms with Crippen LogP contribution in [0.2, 0.25) is 0 Å². The highest BCUT2D eigenvalue weighted by Gasteiger charge is 2.45. The minimum Gasteiger partial charge on any atom is -0.487 e. The van der Waals surface area contributed by atoms with Crippen molar-refractivity contribution in [2.75, 3.05) is 26.2 Å². The molecule has 1 spiro atoms. The van der Waals surface area contributed by atoms with Gasteiger partial charge in [-0.3, -0.25) is 0 Å². The first-order valence-electron chi connectivity index (χ1n) is 8.69. The number of hydrogen-bond acceptors (Lipinski definition) is 4. The highest BCUT2D eigenvalue weighted by atomic mass is 16.6. The molecule has 1 saturated heterocycles. The Hall–Kier alpha value is -1.75. The number of carbonyl (C=O) groups excluding carboxylic acids is 1. The number of benzene rings is 1. The molecular formula is C18H24N2O3. The van der Waals surface area contributed by atoms with Crippen LogP contribution in [0.4, 0.5) is 4.79 Å². The number of para-hydroxylation sites is 1. The van der Waals surface area contributed by atoms with Crippen LogP contribution in [0.3, 0.4) is 0 Å². The smallest absolute Gasteiger partial charge is 0.409 e.